The Balaban J connectivity index is 2.46. The van der Waals surface area contributed by atoms with E-state index < -0.39 is 0 Å². The molecule has 0 amide bonds. The van der Waals surface area contributed by atoms with E-state index >= 15 is 0 Å². The molecule has 2 nitrogen and oxygen atoms in total. The third-order valence-corrected chi connectivity index (χ3v) is 4.24. The predicted octanol–water partition coefficient (Wildman–Crippen LogP) is 3.28. The highest BCUT2D eigenvalue weighted by molar-refractivity contribution is 4.82. The maximum Gasteiger partial charge on any atom is 0.0223 e. The minimum atomic E-state index is 0.657. The molecule has 1 N–H and O–H groups in total. The molecule has 0 radical (unpaired) electrons. The van der Waals surface area contributed by atoms with Crippen LogP contribution in [-0.2, 0) is 0 Å². The highest BCUT2D eigenvalue weighted by atomic mass is 15.1. The number of likely N-dealkylation sites (N-methyl/N-ethyl adjacent to an activating group) is 1. The van der Waals surface area contributed by atoms with Crippen molar-refractivity contribution >= 4 is 0 Å². The molecule has 0 aromatic heterocycles. The standard InChI is InChI=1S/C15H32N2/c1-5-11-16-15(12-17(4)13(2)3)14-9-7-6-8-10-14/h13-16H,5-12H2,1-4H3. The molecule has 0 aromatic rings. The molecule has 0 aliphatic heterocycles. The molecule has 0 aromatic carbocycles. The zero-order valence-corrected chi connectivity index (χ0v) is 12.3. The maximum absolute atomic E-state index is 3.78. The summed E-state index contributed by atoms with van der Waals surface area (Å²) in [7, 11) is 2.26. The molecule has 1 atom stereocenters. The lowest BCUT2D eigenvalue weighted by Gasteiger charge is -2.35. The van der Waals surface area contributed by atoms with Gasteiger partial charge in [-0.2, -0.15) is 0 Å². The van der Waals surface area contributed by atoms with Crippen LogP contribution in [0.4, 0.5) is 0 Å². The fourth-order valence-corrected chi connectivity index (χ4v) is 2.77. The second-order valence-electron chi connectivity index (χ2n) is 5.99. The Labute approximate surface area is 108 Å². The minimum Gasteiger partial charge on any atom is -0.312 e. The number of rotatable bonds is 7. The average Bonchev–Trinajstić information content (AvgIpc) is 2.35. The van der Waals surface area contributed by atoms with Gasteiger partial charge in [0.05, 0.1) is 0 Å². The van der Waals surface area contributed by atoms with Gasteiger partial charge in [0.2, 0.25) is 0 Å². The summed E-state index contributed by atoms with van der Waals surface area (Å²) >= 11 is 0. The maximum atomic E-state index is 3.78. The van der Waals surface area contributed by atoms with E-state index in [1.165, 1.54) is 51.6 Å². The fraction of sp³-hybridized carbons (Fsp3) is 1.00. The largest absolute Gasteiger partial charge is 0.312 e. The van der Waals surface area contributed by atoms with Gasteiger partial charge in [-0.1, -0.05) is 26.2 Å². The third-order valence-electron chi connectivity index (χ3n) is 4.24. The first-order valence-corrected chi connectivity index (χ1v) is 7.58. The van der Waals surface area contributed by atoms with E-state index in [9.17, 15) is 0 Å². The van der Waals surface area contributed by atoms with Crippen molar-refractivity contribution in [1.82, 2.24) is 10.2 Å². The second-order valence-corrected chi connectivity index (χ2v) is 5.99. The highest BCUT2D eigenvalue weighted by Gasteiger charge is 2.24. The summed E-state index contributed by atoms with van der Waals surface area (Å²) in [5.74, 6) is 0.913. The molecule has 1 aliphatic rings. The van der Waals surface area contributed by atoms with Crippen molar-refractivity contribution in [3.8, 4) is 0 Å². The summed E-state index contributed by atoms with van der Waals surface area (Å²) in [4.78, 5) is 2.49. The van der Waals surface area contributed by atoms with Crippen LogP contribution >= 0.6 is 0 Å². The number of hydrogen-bond donors (Lipinski definition) is 1. The fourth-order valence-electron chi connectivity index (χ4n) is 2.77. The van der Waals surface area contributed by atoms with Gasteiger partial charge in [-0.25, -0.2) is 0 Å². The van der Waals surface area contributed by atoms with Crippen molar-refractivity contribution in [2.24, 2.45) is 5.92 Å². The number of hydrogen-bond acceptors (Lipinski definition) is 2. The first kappa shape index (κ1) is 15.0. The minimum absolute atomic E-state index is 0.657. The normalized spacial score (nSPS) is 20.1. The molecule has 0 bridgehead atoms. The van der Waals surface area contributed by atoms with Crippen molar-refractivity contribution < 1.29 is 0 Å². The van der Waals surface area contributed by atoms with Crippen molar-refractivity contribution in [2.45, 2.75) is 71.4 Å². The topological polar surface area (TPSA) is 15.3 Å². The predicted molar refractivity (Wildman–Crippen MR) is 76.4 cm³/mol. The van der Waals surface area contributed by atoms with E-state index in [-0.39, 0.29) is 0 Å². The van der Waals surface area contributed by atoms with Gasteiger partial charge in [0.1, 0.15) is 0 Å². The zero-order valence-electron chi connectivity index (χ0n) is 12.3. The van der Waals surface area contributed by atoms with E-state index in [2.05, 4.69) is 38.0 Å². The van der Waals surface area contributed by atoms with E-state index in [0.29, 0.717) is 12.1 Å². The molecule has 2 heteroatoms. The van der Waals surface area contributed by atoms with Crippen molar-refractivity contribution in [2.75, 3.05) is 20.1 Å². The molecule has 1 aliphatic carbocycles. The van der Waals surface area contributed by atoms with Crippen LogP contribution in [0.15, 0.2) is 0 Å². The van der Waals surface area contributed by atoms with Gasteiger partial charge in [0.15, 0.2) is 0 Å². The number of nitrogens with one attached hydrogen (secondary N) is 1. The first-order valence-electron chi connectivity index (χ1n) is 7.58. The molecule has 0 spiro atoms. The van der Waals surface area contributed by atoms with E-state index in [4.69, 9.17) is 0 Å². The van der Waals surface area contributed by atoms with Gasteiger partial charge in [0, 0.05) is 18.6 Å². The van der Waals surface area contributed by atoms with Gasteiger partial charge in [0.25, 0.3) is 0 Å². The Morgan fingerprint density at radius 2 is 1.82 bits per heavy atom. The lowest BCUT2D eigenvalue weighted by atomic mass is 9.83. The third kappa shape index (κ3) is 5.39. The summed E-state index contributed by atoms with van der Waals surface area (Å²) in [5.41, 5.74) is 0. The van der Waals surface area contributed by atoms with Crippen LogP contribution < -0.4 is 5.32 Å². The van der Waals surface area contributed by atoms with Crippen molar-refractivity contribution in [3.63, 3.8) is 0 Å². The Kier molecular flexibility index (Phi) is 7.14. The smallest absolute Gasteiger partial charge is 0.0223 e. The van der Waals surface area contributed by atoms with Gasteiger partial charge in [-0.15, -0.1) is 0 Å². The van der Waals surface area contributed by atoms with Crippen LogP contribution in [0, 0.1) is 5.92 Å². The monoisotopic (exact) mass is 240 g/mol. The molecule has 1 unspecified atom stereocenters. The van der Waals surface area contributed by atoms with E-state index in [1.807, 2.05) is 0 Å². The average molecular weight is 240 g/mol. The lowest BCUT2D eigenvalue weighted by Crippen LogP contribution is -2.47. The van der Waals surface area contributed by atoms with Gasteiger partial charge < -0.3 is 10.2 Å². The van der Waals surface area contributed by atoms with Crippen LogP contribution in [-0.4, -0.2) is 37.1 Å². The molecular weight excluding hydrogens is 208 g/mol. The summed E-state index contributed by atoms with van der Waals surface area (Å²) in [5, 5.41) is 3.78. The second kappa shape index (κ2) is 8.10. The van der Waals surface area contributed by atoms with Crippen LogP contribution in [0.1, 0.15) is 59.3 Å². The quantitative estimate of drug-likeness (QED) is 0.735. The summed E-state index contributed by atoms with van der Waals surface area (Å²) in [6.45, 7) is 9.22. The van der Waals surface area contributed by atoms with E-state index in [1.54, 1.807) is 0 Å². The first-order chi connectivity index (χ1) is 8.15. The zero-order chi connectivity index (χ0) is 12.7. The Morgan fingerprint density at radius 1 is 1.18 bits per heavy atom. The lowest BCUT2D eigenvalue weighted by molar-refractivity contribution is 0.182. The van der Waals surface area contributed by atoms with E-state index in [0.717, 1.165) is 5.92 Å². The highest BCUT2D eigenvalue weighted by Crippen LogP contribution is 2.27. The summed E-state index contributed by atoms with van der Waals surface area (Å²) < 4.78 is 0. The molecule has 1 saturated carbocycles. The van der Waals surface area contributed by atoms with Crippen molar-refractivity contribution in [3.05, 3.63) is 0 Å². The molecular formula is C15H32N2. The van der Waals surface area contributed by atoms with Crippen LogP contribution in [0.5, 0.6) is 0 Å². The van der Waals surface area contributed by atoms with Crippen LogP contribution in [0.3, 0.4) is 0 Å². The van der Waals surface area contributed by atoms with Gasteiger partial charge in [-0.05, 0) is 52.6 Å². The van der Waals surface area contributed by atoms with Crippen LogP contribution in [0.2, 0.25) is 0 Å². The van der Waals surface area contributed by atoms with Crippen LogP contribution in [0.25, 0.3) is 0 Å². The van der Waals surface area contributed by atoms with Gasteiger partial charge >= 0.3 is 0 Å². The summed E-state index contributed by atoms with van der Waals surface area (Å²) in [6, 6.07) is 1.37. The Morgan fingerprint density at radius 3 is 2.35 bits per heavy atom. The molecule has 0 heterocycles. The number of nitrogens with zero attached hydrogens (tertiary/aromatic N) is 1. The Bertz CT molecular complexity index is 185. The molecule has 1 fully saturated rings. The molecule has 17 heavy (non-hydrogen) atoms. The molecule has 0 saturated heterocycles. The SMILES string of the molecule is CCCNC(CN(C)C(C)C)C1CCCCC1. The van der Waals surface area contributed by atoms with Gasteiger partial charge in [-0.3, -0.25) is 0 Å². The Hall–Kier alpha value is -0.0800. The van der Waals surface area contributed by atoms with Crippen molar-refractivity contribution in [1.29, 1.82) is 0 Å². The molecule has 1 rings (SSSR count). The summed E-state index contributed by atoms with van der Waals surface area (Å²) in [6.07, 6.45) is 8.47. The molecule has 102 valence electrons.